The number of rotatable bonds is 2. The highest BCUT2D eigenvalue weighted by Crippen LogP contribution is 2.23. The second-order valence-corrected chi connectivity index (χ2v) is 5.80. The van der Waals surface area contributed by atoms with Crippen molar-refractivity contribution in [2.24, 2.45) is 0 Å². The Morgan fingerprint density at radius 1 is 1.19 bits per heavy atom. The number of aliphatic hydroxyl groups excluding tert-OH is 1. The molecule has 1 aliphatic heterocycles. The zero-order chi connectivity index (χ0) is 11.6. The van der Waals surface area contributed by atoms with Crippen molar-refractivity contribution >= 4 is 10.0 Å². The van der Waals surface area contributed by atoms with Gasteiger partial charge in [-0.2, -0.15) is 4.31 Å². The molecular weight excluding hydrogens is 226 g/mol. The van der Waals surface area contributed by atoms with Crippen molar-refractivity contribution in [3.05, 3.63) is 30.3 Å². The molecule has 2 rings (SSSR count). The number of benzene rings is 1. The average Bonchev–Trinajstić information content (AvgIpc) is 2.30. The maximum atomic E-state index is 12.2. The Labute approximate surface area is 95.6 Å². The highest BCUT2D eigenvalue weighted by Gasteiger charge is 2.31. The molecule has 1 fully saturated rings. The highest BCUT2D eigenvalue weighted by molar-refractivity contribution is 7.89. The standard InChI is InChI=1S/C11H15NO3S/c13-11-8-4-5-9-12(11)16(14,15)10-6-2-1-3-7-10/h1-3,6-7,11,13H,4-5,8-9H2. The third kappa shape index (κ3) is 2.11. The summed E-state index contributed by atoms with van der Waals surface area (Å²) < 4.78 is 25.5. The molecule has 1 unspecified atom stereocenters. The van der Waals surface area contributed by atoms with E-state index in [1.165, 1.54) is 4.31 Å². The lowest BCUT2D eigenvalue weighted by Crippen LogP contribution is -2.43. The molecule has 1 saturated heterocycles. The Hall–Kier alpha value is -0.910. The second kappa shape index (κ2) is 4.53. The first-order valence-corrected chi connectivity index (χ1v) is 6.81. The van der Waals surface area contributed by atoms with Crippen LogP contribution in [0, 0.1) is 0 Å². The number of sulfonamides is 1. The number of hydrogen-bond donors (Lipinski definition) is 1. The van der Waals surface area contributed by atoms with Crippen LogP contribution < -0.4 is 0 Å². The van der Waals surface area contributed by atoms with E-state index in [1.54, 1.807) is 30.3 Å². The van der Waals surface area contributed by atoms with Gasteiger partial charge in [-0.25, -0.2) is 8.42 Å². The summed E-state index contributed by atoms with van der Waals surface area (Å²) in [5, 5.41) is 9.71. The highest BCUT2D eigenvalue weighted by atomic mass is 32.2. The number of hydrogen-bond acceptors (Lipinski definition) is 3. The largest absolute Gasteiger partial charge is 0.377 e. The van der Waals surface area contributed by atoms with E-state index in [-0.39, 0.29) is 4.90 Å². The van der Waals surface area contributed by atoms with Crippen molar-refractivity contribution < 1.29 is 13.5 Å². The van der Waals surface area contributed by atoms with Crippen molar-refractivity contribution in [2.75, 3.05) is 6.54 Å². The first kappa shape index (κ1) is 11.6. The van der Waals surface area contributed by atoms with Crippen molar-refractivity contribution in [3.8, 4) is 0 Å². The van der Waals surface area contributed by atoms with Gasteiger partial charge in [-0.05, 0) is 31.4 Å². The summed E-state index contributed by atoms with van der Waals surface area (Å²) in [6.45, 7) is 0.401. The molecule has 0 aromatic heterocycles. The zero-order valence-corrected chi connectivity index (χ0v) is 9.73. The van der Waals surface area contributed by atoms with Crippen LogP contribution in [0.1, 0.15) is 19.3 Å². The molecule has 1 aliphatic rings. The maximum Gasteiger partial charge on any atom is 0.245 e. The Balaban J connectivity index is 2.32. The minimum atomic E-state index is -3.53. The number of nitrogens with zero attached hydrogens (tertiary/aromatic N) is 1. The van der Waals surface area contributed by atoms with E-state index >= 15 is 0 Å². The molecule has 1 aromatic carbocycles. The van der Waals surface area contributed by atoms with Crippen LogP contribution in [-0.2, 0) is 10.0 Å². The van der Waals surface area contributed by atoms with E-state index in [9.17, 15) is 13.5 Å². The minimum absolute atomic E-state index is 0.246. The van der Waals surface area contributed by atoms with Gasteiger partial charge in [0.2, 0.25) is 10.0 Å². The van der Waals surface area contributed by atoms with Gasteiger partial charge in [-0.1, -0.05) is 18.2 Å². The Morgan fingerprint density at radius 3 is 2.50 bits per heavy atom. The molecule has 88 valence electrons. The molecule has 5 heteroatoms. The first-order chi connectivity index (χ1) is 7.62. The fourth-order valence-electron chi connectivity index (χ4n) is 1.90. The normalized spacial score (nSPS) is 23.2. The van der Waals surface area contributed by atoms with Gasteiger partial charge in [0.25, 0.3) is 0 Å². The monoisotopic (exact) mass is 241 g/mol. The molecule has 1 aromatic rings. The number of piperidine rings is 1. The molecular formula is C11H15NO3S. The van der Waals surface area contributed by atoms with E-state index in [1.807, 2.05) is 0 Å². The first-order valence-electron chi connectivity index (χ1n) is 5.37. The zero-order valence-electron chi connectivity index (χ0n) is 8.91. The summed E-state index contributed by atoms with van der Waals surface area (Å²) >= 11 is 0. The average molecular weight is 241 g/mol. The molecule has 1 atom stereocenters. The van der Waals surface area contributed by atoms with Crippen LogP contribution in [0.5, 0.6) is 0 Å². The Morgan fingerprint density at radius 2 is 1.88 bits per heavy atom. The Bertz CT molecular complexity index is 444. The van der Waals surface area contributed by atoms with Gasteiger partial charge in [0.1, 0.15) is 6.23 Å². The van der Waals surface area contributed by atoms with Crippen LogP contribution >= 0.6 is 0 Å². The topological polar surface area (TPSA) is 57.6 Å². The van der Waals surface area contributed by atoms with Crippen molar-refractivity contribution in [1.29, 1.82) is 0 Å². The van der Waals surface area contributed by atoms with Crippen molar-refractivity contribution in [3.63, 3.8) is 0 Å². The van der Waals surface area contributed by atoms with Crippen LogP contribution in [0.15, 0.2) is 35.2 Å². The van der Waals surface area contributed by atoms with E-state index in [0.29, 0.717) is 13.0 Å². The molecule has 0 spiro atoms. The van der Waals surface area contributed by atoms with Gasteiger partial charge in [-0.3, -0.25) is 0 Å². The van der Waals surface area contributed by atoms with E-state index in [4.69, 9.17) is 0 Å². The van der Waals surface area contributed by atoms with Crippen LogP contribution in [-0.4, -0.2) is 30.6 Å². The molecule has 1 N–H and O–H groups in total. The van der Waals surface area contributed by atoms with Crippen molar-refractivity contribution in [1.82, 2.24) is 4.31 Å². The molecule has 0 saturated carbocycles. The van der Waals surface area contributed by atoms with Crippen LogP contribution in [0.4, 0.5) is 0 Å². The minimum Gasteiger partial charge on any atom is -0.377 e. The van der Waals surface area contributed by atoms with Gasteiger partial charge in [-0.15, -0.1) is 0 Å². The predicted octanol–water partition coefficient (Wildman–Crippen LogP) is 1.18. The third-order valence-corrected chi connectivity index (χ3v) is 4.68. The van der Waals surface area contributed by atoms with Crippen LogP contribution in [0.25, 0.3) is 0 Å². The van der Waals surface area contributed by atoms with Crippen LogP contribution in [0.2, 0.25) is 0 Å². The van der Waals surface area contributed by atoms with E-state index < -0.39 is 16.3 Å². The molecule has 1 heterocycles. The fourth-order valence-corrected chi connectivity index (χ4v) is 3.46. The molecule has 16 heavy (non-hydrogen) atoms. The quantitative estimate of drug-likeness (QED) is 0.846. The summed E-state index contributed by atoms with van der Waals surface area (Å²) in [5.41, 5.74) is 0. The molecule has 0 amide bonds. The summed E-state index contributed by atoms with van der Waals surface area (Å²) in [6, 6.07) is 8.24. The van der Waals surface area contributed by atoms with Gasteiger partial charge in [0.05, 0.1) is 4.90 Å². The number of aliphatic hydroxyl groups is 1. The van der Waals surface area contributed by atoms with Gasteiger partial charge < -0.3 is 5.11 Å². The summed E-state index contributed by atoms with van der Waals surface area (Å²) in [4.78, 5) is 0.246. The third-order valence-electron chi connectivity index (χ3n) is 2.77. The smallest absolute Gasteiger partial charge is 0.245 e. The Kier molecular flexibility index (Phi) is 3.28. The van der Waals surface area contributed by atoms with Gasteiger partial charge >= 0.3 is 0 Å². The lowest BCUT2D eigenvalue weighted by Gasteiger charge is -2.30. The SMILES string of the molecule is O=S(=O)(c1ccccc1)N1CCCCC1O. The second-order valence-electron chi connectivity index (χ2n) is 3.91. The summed E-state index contributed by atoms with van der Waals surface area (Å²) in [6.07, 6.45) is 1.33. The molecule has 0 radical (unpaired) electrons. The summed E-state index contributed by atoms with van der Waals surface area (Å²) in [5.74, 6) is 0. The van der Waals surface area contributed by atoms with Crippen LogP contribution in [0.3, 0.4) is 0 Å². The fraction of sp³-hybridized carbons (Fsp3) is 0.455. The maximum absolute atomic E-state index is 12.2. The van der Waals surface area contributed by atoms with Crippen molar-refractivity contribution in [2.45, 2.75) is 30.4 Å². The predicted molar refractivity (Wildman–Crippen MR) is 60.2 cm³/mol. The molecule has 0 aliphatic carbocycles. The molecule has 0 bridgehead atoms. The van der Waals surface area contributed by atoms with E-state index in [0.717, 1.165) is 12.8 Å². The molecule has 4 nitrogen and oxygen atoms in total. The lowest BCUT2D eigenvalue weighted by atomic mass is 10.1. The lowest BCUT2D eigenvalue weighted by molar-refractivity contribution is 0.0334. The summed E-state index contributed by atoms with van der Waals surface area (Å²) in [7, 11) is -3.53. The van der Waals surface area contributed by atoms with Gasteiger partial charge in [0.15, 0.2) is 0 Å². The van der Waals surface area contributed by atoms with E-state index in [2.05, 4.69) is 0 Å². The van der Waals surface area contributed by atoms with Gasteiger partial charge in [0, 0.05) is 6.54 Å².